The number of hydrogen-bond acceptors (Lipinski definition) is 1. The van der Waals surface area contributed by atoms with Gasteiger partial charge in [-0.15, -0.1) is 0 Å². The SMILES string of the molecule is CCCN(CC(C)C(F)F)C(=O)CC. The van der Waals surface area contributed by atoms with Crippen LogP contribution in [0.4, 0.5) is 8.78 Å². The van der Waals surface area contributed by atoms with Crippen LogP contribution in [0.15, 0.2) is 0 Å². The molecular formula is C10H19F2NO. The first-order valence-electron chi connectivity index (χ1n) is 5.08. The lowest BCUT2D eigenvalue weighted by Crippen LogP contribution is -2.36. The van der Waals surface area contributed by atoms with E-state index in [1.54, 1.807) is 6.92 Å². The zero-order valence-electron chi connectivity index (χ0n) is 9.09. The Labute approximate surface area is 84.3 Å². The van der Waals surface area contributed by atoms with Crippen molar-refractivity contribution in [2.75, 3.05) is 13.1 Å². The minimum Gasteiger partial charge on any atom is -0.342 e. The topological polar surface area (TPSA) is 20.3 Å². The molecule has 14 heavy (non-hydrogen) atoms. The van der Waals surface area contributed by atoms with Crippen molar-refractivity contribution >= 4 is 5.91 Å². The predicted molar refractivity (Wildman–Crippen MR) is 52.3 cm³/mol. The van der Waals surface area contributed by atoms with Gasteiger partial charge in [-0.2, -0.15) is 0 Å². The van der Waals surface area contributed by atoms with Crippen molar-refractivity contribution in [3.63, 3.8) is 0 Å². The first kappa shape index (κ1) is 13.3. The molecule has 1 amide bonds. The largest absolute Gasteiger partial charge is 0.342 e. The Bertz CT molecular complexity index is 174. The number of carbonyl (C=O) groups is 1. The molecule has 4 heteroatoms. The summed E-state index contributed by atoms with van der Waals surface area (Å²) in [6, 6.07) is 0. The zero-order chi connectivity index (χ0) is 11.1. The highest BCUT2D eigenvalue weighted by Gasteiger charge is 2.20. The van der Waals surface area contributed by atoms with Crippen molar-refractivity contribution in [1.82, 2.24) is 4.90 Å². The Balaban J connectivity index is 4.15. The van der Waals surface area contributed by atoms with Gasteiger partial charge in [-0.05, 0) is 6.42 Å². The van der Waals surface area contributed by atoms with E-state index in [2.05, 4.69) is 0 Å². The van der Waals surface area contributed by atoms with Gasteiger partial charge < -0.3 is 4.90 Å². The van der Waals surface area contributed by atoms with Crippen molar-refractivity contribution < 1.29 is 13.6 Å². The van der Waals surface area contributed by atoms with E-state index in [-0.39, 0.29) is 12.5 Å². The maximum absolute atomic E-state index is 12.3. The average Bonchev–Trinajstić information content (AvgIpc) is 2.15. The molecule has 84 valence electrons. The molecule has 0 aliphatic carbocycles. The molecule has 0 heterocycles. The third-order valence-electron chi connectivity index (χ3n) is 2.09. The van der Waals surface area contributed by atoms with Gasteiger partial charge in [0.2, 0.25) is 12.3 Å². The Morgan fingerprint density at radius 2 is 1.93 bits per heavy atom. The van der Waals surface area contributed by atoms with E-state index in [1.807, 2.05) is 6.92 Å². The summed E-state index contributed by atoms with van der Waals surface area (Å²) in [7, 11) is 0. The molecule has 0 rings (SSSR count). The summed E-state index contributed by atoms with van der Waals surface area (Å²) < 4.78 is 24.5. The summed E-state index contributed by atoms with van der Waals surface area (Å²) in [4.78, 5) is 12.9. The normalized spacial score (nSPS) is 13.0. The van der Waals surface area contributed by atoms with Crippen molar-refractivity contribution in [1.29, 1.82) is 0 Å². The Morgan fingerprint density at radius 3 is 2.29 bits per heavy atom. The summed E-state index contributed by atoms with van der Waals surface area (Å²) in [6.45, 7) is 5.89. The fourth-order valence-corrected chi connectivity index (χ4v) is 1.24. The number of hydrogen-bond donors (Lipinski definition) is 0. The molecule has 0 aromatic carbocycles. The summed E-state index contributed by atoms with van der Waals surface area (Å²) in [5, 5.41) is 0. The van der Waals surface area contributed by atoms with E-state index < -0.39 is 12.3 Å². The third-order valence-corrected chi connectivity index (χ3v) is 2.09. The molecule has 0 saturated carbocycles. The quantitative estimate of drug-likeness (QED) is 0.655. The van der Waals surface area contributed by atoms with Crippen LogP contribution in [0.3, 0.4) is 0 Å². The highest BCUT2D eigenvalue weighted by Crippen LogP contribution is 2.11. The summed E-state index contributed by atoms with van der Waals surface area (Å²) in [6.07, 6.45) is -1.16. The van der Waals surface area contributed by atoms with E-state index in [9.17, 15) is 13.6 Å². The van der Waals surface area contributed by atoms with Gasteiger partial charge in [-0.3, -0.25) is 4.79 Å². The maximum atomic E-state index is 12.3. The fraction of sp³-hybridized carbons (Fsp3) is 0.900. The number of nitrogens with zero attached hydrogens (tertiary/aromatic N) is 1. The molecule has 0 N–H and O–H groups in total. The fourth-order valence-electron chi connectivity index (χ4n) is 1.24. The molecule has 0 saturated heterocycles. The molecule has 0 aromatic rings. The Morgan fingerprint density at radius 1 is 1.36 bits per heavy atom. The average molecular weight is 207 g/mol. The lowest BCUT2D eigenvalue weighted by Gasteiger charge is -2.24. The van der Waals surface area contributed by atoms with Gasteiger partial charge in [0.1, 0.15) is 0 Å². The molecule has 2 nitrogen and oxygen atoms in total. The van der Waals surface area contributed by atoms with Crippen LogP contribution < -0.4 is 0 Å². The highest BCUT2D eigenvalue weighted by atomic mass is 19.3. The number of alkyl halides is 2. The smallest absolute Gasteiger partial charge is 0.242 e. The van der Waals surface area contributed by atoms with Crippen LogP contribution in [0, 0.1) is 5.92 Å². The molecule has 0 radical (unpaired) electrons. The van der Waals surface area contributed by atoms with Crippen molar-refractivity contribution in [3.05, 3.63) is 0 Å². The zero-order valence-corrected chi connectivity index (χ0v) is 9.09. The molecule has 0 aromatic heterocycles. The lowest BCUT2D eigenvalue weighted by molar-refractivity contribution is -0.132. The third kappa shape index (κ3) is 4.53. The van der Waals surface area contributed by atoms with Gasteiger partial charge in [-0.1, -0.05) is 20.8 Å². The number of amides is 1. The van der Waals surface area contributed by atoms with Gasteiger partial charge in [0.25, 0.3) is 0 Å². The highest BCUT2D eigenvalue weighted by molar-refractivity contribution is 5.75. The Hall–Kier alpha value is -0.670. The number of halogens is 2. The van der Waals surface area contributed by atoms with Gasteiger partial charge in [0.05, 0.1) is 0 Å². The molecule has 0 aliphatic rings. The van der Waals surface area contributed by atoms with Crippen LogP contribution in [0.2, 0.25) is 0 Å². The summed E-state index contributed by atoms with van der Waals surface area (Å²) in [5.41, 5.74) is 0. The van der Waals surface area contributed by atoms with Gasteiger partial charge in [0.15, 0.2) is 0 Å². The molecule has 0 fully saturated rings. The molecular weight excluding hydrogens is 188 g/mol. The predicted octanol–water partition coefficient (Wildman–Crippen LogP) is 2.54. The van der Waals surface area contributed by atoms with E-state index in [4.69, 9.17) is 0 Å². The molecule has 1 atom stereocenters. The molecule has 0 aliphatic heterocycles. The van der Waals surface area contributed by atoms with E-state index in [0.717, 1.165) is 6.42 Å². The molecule has 1 unspecified atom stereocenters. The van der Waals surface area contributed by atoms with Crippen molar-refractivity contribution in [3.8, 4) is 0 Å². The van der Waals surface area contributed by atoms with E-state index >= 15 is 0 Å². The van der Waals surface area contributed by atoms with Crippen LogP contribution in [-0.4, -0.2) is 30.3 Å². The monoisotopic (exact) mass is 207 g/mol. The summed E-state index contributed by atoms with van der Waals surface area (Å²) in [5.74, 6) is -0.781. The second kappa shape index (κ2) is 6.74. The second-order valence-electron chi connectivity index (χ2n) is 3.51. The van der Waals surface area contributed by atoms with E-state index in [1.165, 1.54) is 11.8 Å². The second-order valence-corrected chi connectivity index (χ2v) is 3.51. The van der Waals surface area contributed by atoms with Gasteiger partial charge in [-0.25, -0.2) is 8.78 Å². The van der Waals surface area contributed by atoms with Gasteiger partial charge >= 0.3 is 0 Å². The van der Waals surface area contributed by atoms with Crippen molar-refractivity contribution in [2.45, 2.75) is 40.0 Å². The van der Waals surface area contributed by atoms with Crippen LogP contribution in [0.1, 0.15) is 33.6 Å². The lowest BCUT2D eigenvalue weighted by atomic mass is 10.1. The van der Waals surface area contributed by atoms with Crippen LogP contribution in [-0.2, 0) is 4.79 Å². The van der Waals surface area contributed by atoms with Crippen LogP contribution in [0.25, 0.3) is 0 Å². The number of carbonyl (C=O) groups excluding carboxylic acids is 1. The maximum Gasteiger partial charge on any atom is 0.242 e. The van der Waals surface area contributed by atoms with Gasteiger partial charge in [0, 0.05) is 25.4 Å². The van der Waals surface area contributed by atoms with Crippen LogP contribution >= 0.6 is 0 Å². The van der Waals surface area contributed by atoms with Crippen molar-refractivity contribution in [2.24, 2.45) is 5.92 Å². The summed E-state index contributed by atoms with van der Waals surface area (Å²) >= 11 is 0. The molecule has 0 spiro atoms. The van der Waals surface area contributed by atoms with E-state index in [0.29, 0.717) is 13.0 Å². The Kier molecular flexibility index (Phi) is 6.41. The minimum absolute atomic E-state index is 0.0423. The molecule has 0 bridgehead atoms. The van der Waals surface area contributed by atoms with Crippen LogP contribution in [0.5, 0.6) is 0 Å². The minimum atomic E-state index is -2.35. The number of rotatable bonds is 6. The first-order valence-corrected chi connectivity index (χ1v) is 5.08. The standard InChI is InChI=1S/C10H19F2NO/c1-4-6-13(9(14)5-2)7-8(3)10(11)12/h8,10H,4-7H2,1-3H3. The first-order chi connectivity index (χ1) is 6.52.